The molecule has 1 fully saturated rings. The summed E-state index contributed by atoms with van der Waals surface area (Å²) in [6, 6.07) is 12.0. The van der Waals surface area contributed by atoms with E-state index in [2.05, 4.69) is 33.7 Å². The van der Waals surface area contributed by atoms with Gasteiger partial charge in [0, 0.05) is 33.3 Å². The molecule has 0 bridgehead atoms. The molecule has 2 aromatic carbocycles. The molecule has 2 aliphatic heterocycles. The maximum absolute atomic E-state index is 13.4. The monoisotopic (exact) mass is 471 g/mol. The van der Waals surface area contributed by atoms with Crippen molar-refractivity contribution in [1.82, 2.24) is 10.2 Å². The quantitative estimate of drug-likeness (QED) is 0.599. The minimum atomic E-state index is -0.489. The molecule has 1 amide bonds. The number of halogens is 2. The van der Waals surface area contributed by atoms with Gasteiger partial charge in [0.1, 0.15) is 12.0 Å². The van der Waals surface area contributed by atoms with E-state index in [1.807, 2.05) is 12.1 Å². The first-order valence-corrected chi connectivity index (χ1v) is 11.0. The number of benzene rings is 2. The van der Waals surface area contributed by atoms with E-state index in [1.165, 1.54) is 17.7 Å². The van der Waals surface area contributed by atoms with Gasteiger partial charge >= 0.3 is 0 Å². The molecule has 0 spiro atoms. The number of carbonyl (C=O) groups is 1. The Morgan fingerprint density at radius 2 is 2.00 bits per heavy atom. The van der Waals surface area contributed by atoms with Gasteiger partial charge in [-0.1, -0.05) is 35.9 Å². The second kappa shape index (κ2) is 10.9. The van der Waals surface area contributed by atoms with Crippen molar-refractivity contribution in [2.45, 2.75) is 13.1 Å². The molecular weight excluding hydrogens is 447 g/mol. The molecule has 33 heavy (non-hydrogen) atoms. The topological polar surface area (TPSA) is 66.4 Å². The van der Waals surface area contributed by atoms with Gasteiger partial charge in [-0.2, -0.15) is 10.1 Å². The standard InChI is InChI=1S/C24H25ClFN4O3/c1-32-16-22(20-14-28-30(24(20)31)23-7-6-19(26)12-21(23)25)27-13-17-4-2-3-5-18(17)15-29-8-10-33-11-9-29/h2-7,12,27H,8-11,13,15-16H2,1H3/b22-20+. The van der Waals surface area contributed by atoms with Crippen LogP contribution >= 0.6 is 11.6 Å². The predicted octanol–water partition coefficient (Wildman–Crippen LogP) is 3.21. The van der Waals surface area contributed by atoms with Crippen molar-refractivity contribution >= 4 is 29.4 Å². The average Bonchev–Trinajstić information content (AvgIpc) is 3.19. The van der Waals surface area contributed by atoms with Crippen LogP contribution in [-0.2, 0) is 27.4 Å². The van der Waals surface area contributed by atoms with E-state index >= 15 is 0 Å². The highest BCUT2D eigenvalue weighted by molar-refractivity contribution is 6.35. The molecule has 2 heterocycles. The SMILES string of the molecule is COC/C(NCc1ccccc1CN1CCOCC1)=C1/[C]=NN(c2ccc(F)cc2Cl)C1=O. The van der Waals surface area contributed by atoms with Gasteiger partial charge in [-0.15, -0.1) is 0 Å². The van der Waals surface area contributed by atoms with E-state index in [0.29, 0.717) is 12.2 Å². The van der Waals surface area contributed by atoms with Gasteiger partial charge in [-0.25, -0.2) is 4.39 Å². The maximum atomic E-state index is 13.4. The summed E-state index contributed by atoms with van der Waals surface area (Å²) in [4.78, 5) is 15.4. The van der Waals surface area contributed by atoms with Crippen molar-refractivity contribution in [3.63, 3.8) is 0 Å². The number of carbonyl (C=O) groups excluding carboxylic acids is 1. The Bertz CT molecular complexity index is 1070. The zero-order valence-electron chi connectivity index (χ0n) is 18.3. The Balaban J connectivity index is 1.51. The number of hydrogen-bond acceptors (Lipinski definition) is 6. The summed E-state index contributed by atoms with van der Waals surface area (Å²) in [5, 5.41) is 8.60. The first-order valence-electron chi connectivity index (χ1n) is 10.7. The largest absolute Gasteiger partial charge is 0.382 e. The Labute approximate surface area is 197 Å². The highest BCUT2D eigenvalue weighted by Crippen LogP contribution is 2.30. The lowest BCUT2D eigenvalue weighted by molar-refractivity contribution is -0.114. The van der Waals surface area contributed by atoms with Gasteiger partial charge in [0.2, 0.25) is 0 Å². The van der Waals surface area contributed by atoms with Gasteiger partial charge in [0.15, 0.2) is 0 Å². The smallest absolute Gasteiger partial charge is 0.282 e. The summed E-state index contributed by atoms with van der Waals surface area (Å²) >= 11 is 6.11. The van der Waals surface area contributed by atoms with Crippen LogP contribution in [0, 0.1) is 5.82 Å². The first-order chi connectivity index (χ1) is 16.1. The number of hydrogen-bond donors (Lipinski definition) is 1. The van der Waals surface area contributed by atoms with Crippen molar-refractivity contribution in [2.24, 2.45) is 5.10 Å². The van der Waals surface area contributed by atoms with Gasteiger partial charge < -0.3 is 14.8 Å². The molecule has 2 aliphatic rings. The van der Waals surface area contributed by atoms with Crippen molar-refractivity contribution in [2.75, 3.05) is 45.0 Å². The number of nitrogens with zero attached hydrogens (tertiary/aromatic N) is 3. The van der Waals surface area contributed by atoms with E-state index in [4.69, 9.17) is 21.1 Å². The molecule has 1 saturated heterocycles. The molecule has 7 nitrogen and oxygen atoms in total. The van der Waals surface area contributed by atoms with E-state index < -0.39 is 11.7 Å². The number of ether oxygens (including phenoxy) is 2. The number of morpholine rings is 1. The fourth-order valence-electron chi connectivity index (χ4n) is 3.75. The summed E-state index contributed by atoms with van der Waals surface area (Å²) in [6.45, 7) is 4.83. The number of methoxy groups -OCH3 is 1. The normalized spacial score (nSPS) is 18.2. The Morgan fingerprint density at radius 1 is 1.24 bits per heavy atom. The van der Waals surface area contributed by atoms with Crippen molar-refractivity contribution in [3.05, 3.63) is 75.7 Å². The molecule has 0 unspecified atom stereocenters. The highest BCUT2D eigenvalue weighted by atomic mass is 35.5. The molecule has 0 aromatic heterocycles. The highest BCUT2D eigenvalue weighted by Gasteiger charge is 2.29. The predicted molar refractivity (Wildman–Crippen MR) is 125 cm³/mol. The van der Waals surface area contributed by atoms with E-state index in [1.54, 1.807) is 7.11 Å². The maximum Gasteiger partial charge on any atom is 0.282 e. The minimum absolute atomic E-state index is 0.0911. The van der Waals surface area contributed by atoms with Gasteiger partial charge in [0.05, 0.1) is 41.8 Å². The van der Waals surface area contributed by atoms with Crippen LogP contribution in [-0.4, -0.2) is 57.0 Å². The lowest BCUT2D eigenvalue weighted by atomic mass is 10.1. The molecule has 0 saturated carbocycles. The molecule has 4 rings (SSSR count). The van der Waals surface area contributed by atoms with Gasteiger partial charge in [0.25, 0.3) is 5.91 Å². The van der Waals surface area contributed by atoms with E-state index in [-0.39, 0.29) is 22.9 Å². The lowest BCUT2D eigenvalue weighted by Crippen LogP contribution is -2.36. The average molecular weight is 472 g/mol. The molecular formula is C24H25ClFN4O3. The fraction of sp³-hybridized carbons (Fsp3) is 0.333. The van der Waals surface area contributed by atoms with Crippen LogP contribution in [0.4, 0.5) is 10.1 Å². The van der Waals surface area contributed by atoms with Gasteiger partial charge in [-0.05, 0) is 29.3 Å². The Hall–Kier alpha value is -2.78. The number of anilines is 1. The van der Waals surface area contributed by atoms with E-state index in [0.717, 1.165) is 49.5 Å². The number of amides is 1. The summed E-state index contributed by atoms with van der Waals surface area (Å²) in [6.07, 6.45) is 2.76. The molecule has 173 valence electrons. The van der Waals surface area contributed by atoms with Crippen LogP contribution in [0.25, 0.3) is 0 Å². The van der Waals surface area contributed by atoms with Crippen LogP contribution in [0.2, 0.25) is 5.02 Å². The number of rotatable bonds is 8. The molecule has 0 aliphatic carbocycles. The van der Waals surface area contributed by atoms with Crippen molar-refractivity contribution in [3.8, 4) is 0 Å². The second-order valence-electron chi connectivity index (χ2n) is 7.72. The van der Waals surface area contributed by atoms with Crippen LogP contribution in [0.15, 0.2) is 58.8 Å². The minimum Gasteiger partial charge on any atom is -0.382 e. The third-order valence-corrected chi connectivity index (χ3v) is 5.81. The third-order valence-electron chi connectivity index (χ3n) is 5.50. The van der Waals surface area contributed by atoms with Crippen LogP contribution in [0.5, 0.6) is 0 Å². The fourth-order valence-corrected chi connectivity index (χ4v) is 4.00. The first kappa shape index (κ1) is 23.4. The summed E-state index contributed by atoms with van der Waals surface area (Å²) in [7, 11) is 1.56. The van der Waals surface area contributed by atoms with E-state index in [9.17, 15) is 9.18 Å². The lowest BCUT2D eigenvalue weighted by Gasteiger charge is -2.27. The Kier molecular flexibility index (Phi) is 7.72. The molecule has 9 heteroatoms. The molecule has 2 aromatic rings. The van der Waals surface area contributed by atoms with Crippen molar-refractivity contribution in [1.29, 1.82) is 0 Å². The number of hydrazone groups is 1. The van der Waals surface area contributed by atoms with Gasteiger partial charge in [-0.3, -0.25) is 9.69 Å². The number of nitrogens with one attached hydrogen (secondary N) is 1. The molecule has 1 radical (unpaired) electrons. The van der Waals surface area contributed by atoms with Crippen LogP contribution in [0.3, 0.4) is 0 Å². The second-order valence-corrected chi connectivity index (χ2v) is 8.13. The van der Waals surface area contributed by atoms with Crippen LogP contribution < -0.4 is 10.3 Å². The summed E-state index contributed by atoms with van der Waals surface area (Å²) < 4.78 is 24.2. The Morgan fingerprint density at radius 3 is 2.73 bits per heavy atom. The zero-order chi connectivity index (χ0) is 23.2. The molecule has 1 N–H and O–H groups in total. The zero-order valence-corrected chi connectivity index (χ0v) is 19.1. The molecule has 0 atom stereocenters. The van der Waals surface area contributed by atoms with Crippen LogP contribution in [0.1, 0.15) is 11.1 Å². The van der Waals surface area contributed by atoms with Crippen molar-refractivity contribution < 1.29 is 18.7 Å². The summed E-state index contributed by atoms with van der Waals surface area (Å²) in [5.41, 5.74) is 3.44. The summed E-state index contributed by atoms with van der Waals surface area (Å²) in [5.74, 6) is -0.902. The third kappa shape index (κ3) is 5.59.